The number of hydrazine groups is 1. The summed E-state index contributed by atoms with van der Waals surface area (Å²) in [4.78, 5) is 12.4. The van der Waals surface area contributed by atoms with Crippen molar-refractivity contribution in [2.45, 2.75) is 6.92 Å². The molecule has 0 saturated carbocycles. The van der Waals surface area contributed by atoms with Crippen LogP contribution in [0.2, 0.25) is 0 Å². The Morgan fingerprint density at radius 3 is 2.67 bits per heavy atom. The molecule has 0 aromatic heterocycles. The molecule has 2 aromatic rings. The Kier molecular flexibility index (Phi) is 4.82. The van der Waals surface area contributed by atoms with Gasteiger partial charge in [0.2, 0.25) is 0 Å². The Bertz CT molecular complexity index is 674. The van der Waals surface area contributed by atoms with Crippen molar-refractivity contribution in [1.82, 2.24) is 0 Å². The number of carbonyl (C=O) groups is 1. The largest absolute Gasteiger partial charge is 0.497 e. The smallest absolute Gasteiger partial charge is 0.257 e. The van der Waals surface area contributed by atoms with Crippen LogP contribution in [0.3, 0.4) is 0 Å². The van der Waals surface area contributed by atoms with Gasteiger partial charge in [0.15, 0.2) is 0 Å². The second-order valence-electron chi connectivity index (χ2n) is 4.53. The lowest BCUT2D eigenvalue weighted by Gasteiger charge is -2.12. The topological polar surface area (TPSA) is 76.4 Å². The van der Waals surface area contributed by atoms with E-state index in [9.17, 15) is 4.79 Å². The van der Waals surface area contributed by atoms with E-state index in [-0.39, 0.29) is 5.91 Å². The molecule has 0 bridgehead atoms. The number of nitrogens with one attached hydrogen (secondary N) is 2. The third-order valence-corrected chi connectivity index (χ3v) is 3.40. The van der Waals surface area contributed by atoms with Crippen molar-refractivity contribution >= 4 is 33.2 Å². The van der Waals surface area contributed by atoms with Crippen LogP contribution in [0.15, 0.2) is 40.9 Å². The molecule has 2 rings (SSSR count). The number of hydrogen-bond acceptors (Lipinski definition) is 4. The number of methoxy groups -OCH3 is 1. The number of amides is 1. The van der Waals surface area contributed by atoms with Crippen LogP contribution in [-0.2, 0) is 0 Å². The van der Waals surface area contributed by atoms with Crippen molar-refractivity contribution in [3.8, 4) is 5.75 Å². The minimum Gasteiger partial charge on any atom is -0.497 e. The summed E-state index contributed by atoms with van der Waals surface area (Å²) in [5.74, 6) is 5.85. The highest BCUT2D eigenvalue weighted by molar-refractivity contribution is 9.10. The second-order valence-corrected chi connectivity index (χ2v) is 5.44. The highest BCUT2D eigenvalue weighted by Crippen LogP contribution is 2.25. The number of aryl methyl sites for hydroxylation is 1. The van der Waals surface area contributed by atoms with Crippen molar-refractivity contribution in [3.63, 3.8) is 0 Å². The molecule has 4 N–H and O–H groups in total. The summed E-state index contributed by atoms with van der Waals surface area (Å²) in [6.07, 6.45) is 0. The Hall–Kier alpha value is -2.05. The zero-order chi connectivity index (χ0) is 15.4. The number of carbonyl (C=O) groups excluding carboxylic acids is 1. The summed E-state index contributed by atoms with van der Waals surface area (Å²) in [5, 5.41) is 2.83. The van der Waals surface area contributed by atoms with Gasteiger partial charge in [-0.15, -0.1) is 0 Å². The van der Waals surface area contributed by atoms with Crippen LogP contribution in [0.1, 0.15) is 15.9 Å². The lowest BCUT2D eigenvalue weighted by atomic mass is 10.1. The highest BCUT2D eigenvalue weighted by atomic mass is 79.9. The Balaban J connectivity index is 2.30. The van der Waals surface area contributed by atoms with Crippen LogP contribution in [0.5, 0.6) is 5.75 Å². The monoisotopic (exact) mass is 349 g/mol. The Morgan fingerprint density at radius 1 is 1.24 bits per heavy atom. The predicted octanol–water partition coefficient (Wildman–Crippen LogP) is 3.30. The molecule has 5 nitrogen and oxygen atoms in total. The van der Waals surface area contributed by atoms with Gasteiger partial charge >= 0.3 is 0 Å². The van der Waals surface area contributed by atoms with Crippen LogP contribution in [0, 0.1) is 6.92 Å². The SMILES string of the molecule is COc1cc(Br)cc(NC(=O)c2cc(C)ccc2NN)c1. The first-order valence-corrected chi connectivity index (χ1v) is 7.06. The fourth-order valence-corrected chi connectivity index (χ4v) is 2.40. The molecule has 21 heavy (non-hydrogen) atoms. The molecular weight excluding hydrogens is 334 g/mol. The van der Waals surface area contributed by atoms with Gasteiger partial charge in [0.25, 0.3) is 5.91 Å². The third-order valence-electron chi connectivity index (χ3n) is 2.94. The van der Waals surface area contributed by atoms with Gasteiger partial charge in [0.05, 0.1) is 18.4 Å². The maximum Gasteiger partial charge on any atom is 0.257 e. The first kappa shape index (κ1) is 15.3. The molecule has 0 unspecified atom stereocenters. The molecule has 2 aromatic carbocycles. The van der Waals surface area contributed by atoms with E-state index < -0.39 is 0 Å². The van der Waals surface area contributed by atoms with Gasteiger partial charge in [0.1, 0.15) is 5.75 Å². The summed E-state index contributed by atoms with van der Waals surface area (Å²) >= 11 is 3.38. The number of benzene rings is 2. The normalized spacial score (nSPS) is 10.1. The molecule has 110 valence electrons. The maximum atomic E-state index is 12.4. The average Bonchev–Trinajstić information content (AvgIpc) is 2.46. The summed E-state index contributed by atoms with van der Waals surface area (Å²) in [7, 11) is 1.57. The minimum absolute atomic E-state index is 0.244. The molecule has 1 amide bonds. The number of ether oxygens (including phenoxy) is 1. The highest BCUT2D eigenvalue weighted by Gasteiger charge is 2.12. The number of anilines is 2. The summed E-state index contributed by atoms with van der Waals surface area (Å²) in [5.41, 5.74) is 5.19. The fourth-order valence-electron chi connectivity index (χ4n) is 1.92. The van der Waals surface area contributed by atoms with Gasteiger partial charge in [-0.25, -0.2) is 0 Å². The number of hydrogen-bond donors (Lipinski definition) is 3. The van der Waals surface area contributed by atoms with Crippen LogP contribution < -0.4 is 21.3 Å². The van der Waals surface area contributed by atoms with E-state index in [0.717, 1.165) is 10.0 Å². The van der Waals surface area contributed by atoms with Crippen molar-refractivity contribution in [2.24, 2.45) is 5.84 Å². The van der Waals surface area contributed by atoms with Crippen LogP contribution in [0.4, 0.5) is 11.4 Å². The van der Waals surface area contributed by atoms with Crippen molar-refractivity contribution < 1.29 is 9.53 Å². The van der Waals surface area contributed by atoms with E-state index in [4.69, 9.17) is 10.6 Å². The third kappa shape index (κ3) is 3.74. The first-order chi connectivity index (χ1) is 10.0. The number of nitrogens with two attached hydrogens (primary N) is 1. The summed E-state index contributed by atoms with van der Waals surface area (Å²) in [6.45, 7) is 1.92. The first-order valence-electron chi connectivity index (χ1n) is 6.26. The number of halogens is 1. The van der Waals surface area contributed by atoms with Crippen LogP contribution in [-0.4, -0.2) is 13.0 Å². The lowest BCUT2D eigenvalue weighted by Crippen LogP contribution is -2.17. The van der Waals surface area contributed by atoms with Gasteiger partial charge in [-0.1, -0.05) is 27.6 Å². The molecule has 0 atom stereocenters. The summed E-state index contributed by atoms with van der Waals surface area (Å²) in [6, 6.07) is 10.8. The van der Waals surface area contributed by atoms with Gasteiger partial charge in [-0.05, 0) is 31.2 Å². The average molecular weight is 350 g/mol. The molecular formula is C15H16BrN3O2. The van der Waals surface area contributed by atoms with Gasteiger partial charge in [-0.3, -0.25) is 10.6 Å². The quantitative estimate of drug-likeness (QED) is 0.584. The maximum absolute atomic E-state index is 12.4. The zero-order valence-corrected chi connectivity index (χ0v) is 13.3. The molecule has 0 fully saturated rings. The zero-order valence-electron chi connectivity index (χ0n) is 11.7. The van der Waals surface area contributed by atoms with Crippen molar-refractivity contribution in [1.29, 1.82) is 0 Å². The number of nitrogen functional groups attached to an aromatic ring is 1. The minimum atomic E-state index is -0.244. The van der Waals surface area contributed by atoms with Crippen LogP contribution in [0.25, 0.3) is 0 Å². The van der Waals surface area contributed by atoms with E-state index in [2.05, 4.69) is 26.7 Å². The Morgan fingerprint density at radius 2 is 2.00 bits per heavy atom. The van der Waals surface area contributed by atoms with E-state index in [1.54, 1.807) is 31.4 Å². The van der Waals surface area contributed by atoms with E-state index >= 15 is 0 Å². The standard InChI is InChI=1S/C15H16BrN3O2/c1-9-3-4-14(19-17)13(5-9)15(20)18-11-6-10(16)7-12(8-11)21-2/h3-8,19H,17H2,1-2H3,(H,18,20). The molecule has 0 heterocycles. The number of rotatable bonds is 4. The molecule has 0 aliphatic carbocycles. The van der Waals surface area contributed by atoms with Gasteiger partial charge < -0.3 is 15.5 Å². The van der Waals surface area contributed by atoms with E-state index in [1.165, 1.54) is 0 Å². The molecule has 6 heteroatoms. The predicted molar refractivity (Wildman–Crippen MR) is 87.6 cm³/mol. The van der Waals surface area contributed by atoms with Gasteiger partial charge in [0, 0.05) is 16.2 Å². The van der Waals surface area contributed by atoms with Crippen molar-refractivity contribution in [3.05, 3.63) is 52.0 Å². The molecule has 0 saturated heterocycles. The van der Waals surface area contributed by atoms with E-state index in [1.807, 2.05) is 19.1 Å². The van der Waals surface area contributed by atoms with Crippen molar-refractivity contribution in [2.75, 3.05) is 17.9 Å². The second kappa shape index (κ2) is 6.60. The van der Waals surface area contributed by atoms with Crippen LogP contribution >= 0.6 is 15.9 Å². The molecule has 0 spiro atoms. The fraction of sp³-hybridized carbons (Fsp3) is 0.133. The molecule has 0 aliphatic rings. The van der Waals surface area contributed by atoms with Gasteiger partial charge in [-0.2, -0.15) is 0 Å². The molecule has 0 radical (unpaired) electrons. The molecule has 0 aliphatic heterocycles. The Labute approximate surface area is 131 Å². The van der Waals surface area contributed by atoms with E-state index in [0.29, 0.717) is 22.7 Å². The summed E-state index contributed by atoms with van der Waals surface area (Å²) < 4.78 is 5.99. The lowest BCUT2D eigenvalue weighted by molar-refractivity contribution is 0.102.